The zero-order valence-electron chi connectivity index (χ0n) is 15.4. The highest BCUT2D eigenvalue weighted by molar-refractivity contribution is 5.05. The van der Waals surface area contributed by atoms with Gasteiger partial charge in [0.05, 0.1) is 0 Å². The zero-order valence-corrected chi connectivity index (χ0v) is 15.4. The van der Waals surface area contributed by atoms with E-state index in [1.54, 1.807) is 0 Å². The molecule has 0 unspecified atom stereocenters. The predicted octanol–water partition coefficient (Wildman–Crippen LogP) is 2.35. The van der Waals surface area contributed by atoms with Crippen molar-refractivity contribution in [2.75, 3.05) is 19.6 Å². The van der Waals surface area contributed by atoms with Crippen molar-refractivity contribution in [3.8, 4) is 0 Å². The van der Waals surface area contributed by atoms with Gasteiger partial charge in [-0.25, -0.2) is 0 Å². The molecular weight excluding hydrogens is 324 g/mol. The first-order valence-corrected chi connectivity index (χ1v) is 9.22. The molecular formula is C20H30N6. The standard InChI is InChI=1S/C20H30N6/c1-20(14-21-11-17-5-2-8-24-17,15-22-12-18-6-3-9-25-18)16-23-13-19-7-4-10-26-19/h2-10,21-26H,11-16H2,1H3. The molecule has 0 aliphatic carbocycles. The van der Waals surface area contributed by atoms with Gasteiger partial charge in [0, 0.05) is 80.4 Å². The van der Waals surface area contributed by atoms with E-state index in [1.165, 1.54) is 17.1 Å². The SMILES string of the molecule is CC(CNCc1ccc[nH]1)(CNCc1ccc[nH]1)CNCc1ccc[nH]1. The molecule has 0 saturated heterocycles. The van der Waals surface area contributed by atoms with Crippen LogP contribution in [0.25, 0.3) is 0 Å². The third-order valence-electron chi connectivity index (χ3n) is 4.59. The molecule has 140 valence electrons. The maximum absolute atomic E-state index is 3.59. The number of nitrogens with one attached hydrogen (secondary N) is 6. The maximum Gasteiger partial charge on any atom is 0.0357 e. The van der Waals surface area contributed by atoms with Crippen LogP contribution in [0.1, 0.15) is 24.0 Å². The molecule has 0 amide bonds. The zero-order chi connectivity index (χ0) is 18.1. The van der Waals surface area contributed by atoms with Crippen LogP contribution in [0.5, 0.6) is 0 Å². The summed E-state index contributed by atoms with van der Waals surface area (Å²) in [6, 6.07) is 12.4. The van der Waals surface area contributed by atoms with Crippen molar-refractivity contribution in [1.82, 2.24) is 30.9 Å². The molecule has 0 bridgehead atoms. The average Bonchev–Trinajstić information content (AvgIpc) is 3.39. The van der Waals surface area contributed by atoms with Gasteiger partial charge in [0.1, 0.15) is 0 Å². The Hall–Kier alpha value is -2.28. The average molecular weight is 355 g/mol. The molecule has 0 atom stereocenters. The fourth-order valence-electron chi connectivity index (χ4n) is 3.12. The Morgan fingerprint density at radius 3 is 1.27 bits per heavy atom. The lowest BCUT2D eigenvalue weighted by atomic mass is 9.90. The Morgan fingerprint density at radius 2 is 1.00 bits per heavy atom. The number of rotatable bonds is 12. The van der Waals surface area contributed by atoms with Gasteiger partial charge >= 0.3 is 0 Å². The second-order valence-corrected chi connectivity index (χ2v) is 7.21. The molecule has 0 fully saturated rings. The minimum atomic E-state index is 0.103. The number of hydrogen-bond donors (Lipinski definition) is 6. The summed E-state index contributed by atoms with van der Waals surface area (Å²) in [5, 5.41) is 10.8. The normalized spacial score (nSPS) is 11.9. The van der Waals surface area contributed by atoms with E-state index in [2.05, 4.69) is 56.0 Å². The highest BCUT2D eigenvalue weighted by Gasteiger charge is 2.23. The summed E-state index contributed by atoms with van der Waals surface area (Å²) in [5.41, 5.74) is 3.74. The molecule has 3 aromatic heterocycles. The largest absolute Gasteiger partial charge is 0.364 e. The Morgan fingerprint density at radius 1 is 0.654 bits per heavy atom. The quantitative estimate of drug-likeness (QED) is 0.302. The van der Waals surface area contributed by atoms with Gasteiger partial charge in [-0.1, -0.05) is 6.92 Å². The van der Waals surface area contributed by atoms with Crippen LogP contribution in [-0.2, 0) is 19.6 Å². The van der Waals surface area contributed by atoms with Crippen molar-refractivity contribution < 1.29 is 0 Å². The lowest BCUT2D eigenvalue weighted by molar-refractivity contribution is 0.271. The van der Waals surface area contributed by atoms with Crippen LogP contribution in [0, 0.1) is 5.41 Å². The van der Waals surface area contributed by atoms with Crippen LogP contribution in [-0.4, -0.2) is 34.6 Å². The Labute approximate surface area is 155 Å². The molecule has 26 heavy (non-hydrogen) atoms. The van der Waals surface area contributed by atoms with Crippen molar-refractivity contribution in [3.05, 3.63) is 72.1 Å². The second kappa shape index (κ2) is 9.43. The fourth-order valence-corrected chi connectivity index (χ4v) is 3.12. The minimum absolute atomic E-state index is 0.103. The van der Waals surface area contributed by atoms with E-state index in [0.29, 0.717) is 0 Å². The molecule has 6 heteroatoms. The molecule has 0 aliphatic rings. The Bertz CT molecular complexity index is 601. The first kappa shape index (κ1) is 18.5. The smallest absolute Gasteiger partial charge is 0.0357 e. The second-order valence-electron chi connectivity index (χ2n) is 7.21. The lowest BCUT2D eigenvalue weighted by Gasteiger charge is -2.31. The van der Waals surface area contributed by atoms with Crippen LogP contribution in [0.15, 0.2) is 55.0 Å². The van der Waals surface area contributed by atoms with Crippen molar-refractivity contribution in [1.29, 1.82) is 0 Å². The van der Waals surface area contributed by atoms with Crippen molar-refractivity contribution in [2.45, 2.75) is 26.6 Å². The highest BCUT2D eigenvalue weighted by atomic mass is 15.0. The Balaban J connectivity index is 1.47. The summed E-state index contributed by atoms with van der Waals surface area (Å²) in [6.45, 7) is 7.68. The summed E-state index contributed by atoms with van der Waals surface area (Å²) in [4.78, 5) is 9.73. The third-order valence-corrected chi connectivity index (χ3v) is 4.59. The van der Waals surface area contributed by atoms with Gasteiger partial charge in [-0.3, -0.25) is 0 Å². The van der Waals surface area contributed by atoms with Gasteiger partial charge in [0.15, 0.2) is 0 Å². The maximum atomic E-state index is 3.59. The number of H-pyrrole nitrogens is 3. The van der Waals surface area contributed by atoms with Crippen molar-refractivity contribution >= 4 is 0 Å². The van der Waals surface area contributed by atoms with Crippen LogP contribution in [0.3, 0.4) is 0 Å². The van der Waals surface area contributed by atoms with E-state index in [4.69, 9.17) is 0 Å². The molecule has 0 spiro atoms. The minimum Gasteiger partial charge on any atom is -0.364 e. The Kier molecular flexibility index (Phi) is 6.71. The molecule has 0 aromatic carbocycles. The van der Waals surface area contributed by atoms with E-state index in [1.807, 2.05) is 36.8 Å². The molecule has 3 aromatic rings. The van der Waals surface area contributed by atoms with Crippen LogP contribution >= 0.6 is 0 Å². The van der Waals surface area contributed by atoms with Gasteiger partial charge in [0.2, 0.25) is 0 Å². The van der Waals surface area contributed by atoms with Gasteiger partial charge < -0.3 is 30.9 Å². The van der Waals surface area contributed by atoms with Crippen molar-refractivity contribution in [2.24, 2.45) is 5.41 Å². The lowest BCUT2D eigenvalue weighted by Crippen LogP contribution is -2.46. The molecule has 6 N–H and O–H groups in total. The first-order valence-electron chi connectivity index (χ1n) is 9.22. The van der Waals surface area contributed by atoms with Crippen LogP contribution in [0.2, 0.25) is 0 Å². The van der Waals surface area contributed by atoms with Crippen LogP contribution < -0.4 is 16.0 Å². The highest BCUT2D eigenvalue weighted by Crippen LogP contribution is 2.14. The van der Waals surface area contributed by atoms with E-state index in [-0.39, 0.29) is 5.41 Å². The third kappa shape index (κ3) is 5.91. The van der Waals surface area contributed by atoms with Crippen molar-refractivity contribution in [3.63, 3.8) is 0 Å². The van der Waals surface area contributed by atoms with E-state index in [0.717, 1.165) is 39.3 Å². The molecule has 0 radical (unpaired) electrons. The number of hydrogen-bond acceptors (Lipinski definition) is 3. The van der Waals surface area contributed by atoms with Crippen LogP contribution in [0.4, 0.5) is 0 Å². The summed E-state index contributed by atoms with van der Waals surface area (Å²) in [6.07, 6.45) is 5.89. The molecule has 3 rings (SSSR count). The molecule has 6 nitrogen and oxygen atoms in total. The van der Waals surface area contributed by atoms with E-state index < -0.39 is 0 Å². The van der Waals surface area contributed by atoms with E-state index in [9.17, 15) is 0 Å². The van der Waals surface area contributed by atoms with Gasteiger partial charge in [0.25, 0.3) is 0 Å². The fraction of sp³-hybridized carbons (Fsp3) is 0.400. The predicted molar refractivity (Wildman–Crippen MR) is 106 cm³/mol. The topological polar surface area (TPSA) is 83.5 Å². The summed E-state index contributed by atoms with van der Waals surface area (Å²) in [7, 11) is 0. The first-order chi connectivity index (χ1) is 12.7. The molecule has 0 aliphatic heterocycles. The van der Waals surface area contributed by atoms with E-state index >= 15 is 0 Å². The van der Waals surface area contributed by atoms with Gasteiger partial charge in [-0.2, -0.15) is 0 Å². The van der Waals surface area contributed by atoms with Gasteiger partial charge in [-0.15, -0.1) is 0 Å². The number of aromatic nitrogens is 3. The summed E-state index contributed by atoms with van der Waals surface area (Å²) in [5.74, 6) is 0. The van der Waals surface area contributed by atoms with Gasteiger partial charge in [-0.05, 0) is 36.4 Å². The molecule has 3 heterocycles. The monoisotopic (exact) mass is 354 g/mol. The summed E-state index contributed by atoms with van der Waals surface area (Å²) >= 11 is 0. The number of aromatic amines is 3. The molecule has 0 saturated carbocycles. The summed E-state index contributed by atoms with van der Waals surface area (Å²) < 4.78 is 0.